The molecule has 2 rings (SSSR count). The molecule has 5 nitrogen and oxygen atoms in total. The molecule has 20 heavy (non-hydrogen) atoms. The monoisotopic (exact) mass is 278 g/mol. The van der Waals surface area contributed by atoms with Crippen LogP contribution in [0.2, 0.25) is 0 Å². The van der Waals surface area contributed by atoms with E-state index in [1.165, 1.54) is 0 Å². The second-order valence-corrected chi connectivity index (χ2v) is 5.26. The molecule has 1 aromatic carbocycles. The second kappa shape index (κ2) is 6.72. The number of benzene rings is 1. The van der Waals surface area contributed by atoms with E-state index in [4.69, 9.17) is 10.5 Å². The summed E-state index contributed by atoms with van der Waals surface area (Å²) in [5.74, 6) is 0.183. The van der Waals surface area contributed by atoms with Crippen LogP contribution in [0.1, 0.15) is 24.8 Å². The molecule has 0 heterocycles. The van der Waals surface area contributed by atoms with Crippen molar-refractivity contribution in [3.63, 3.8) is 0 Å². The normalized spacial score (nSPS) is 15.9. The zero-order valence-electron chi connectivity index (χ0n) is 11.8. The Labute approximate surface area is 119 Å². The molecule has 1 amide bonds. The Bertz CT molecular complexity index is 460. The van der Waals surface area contributed by atoms with Crippen LogP contribution in [-0.4, -0.2) is 41.7 Å². The van der Waals surface area contributed by atoms with E-state index in [0.717, 1.165) is 18.4 Å². The molecule has 1 fully saturated rings. The van der Waals surface area contributed by atoms with Crippen LogP contribution in [0.5, 0.6) is 5.75 Å². The highest BCUT2D eigenvalue weighted by Gasteiger charge is 2.34. The summed E-state index contributed by atoms with van der Waals surface area (Å²) >= 11 is 0. The molecule has 0 spiro atoms. The maximum absolute atomic E-state index is 12.4. The lowest BCUT2D eigenvalue weighted by Gasteiger charge is -2.25. The third-order valence-corrected chi connectivity index (χ3v) is 3.48. The largest absolute Gasteiger partial charge is 0.508 e. The first kappa shape index (κ1) is 14.8. The Kier molecular flexibility index (Phi) is 4.98. The number of phenols is 1. The van der Waals surface area contributed by atoms with Crippen LogP contribution in [0.3, 0.4) is 0 Å². The van der Waals surface area contributed by atoms with Gasteiger partial charge in [-0.05, 0) is 37.0 Å². The Morgan fingerprint density at radius 3 is 2.90 bits per heavy atom. The smallest absolute Gasteiger partial charge is 0.240 e. The summed E-state index contributed by atoms with van der Waals surface area (Å²) in [5, 5.41) is 9.50. The van der Waals surface area contributed by atoms with Gasteiger partial charge in [-0.2, -0.15) is 0 Å². The molecule has 1 aromatic rings. The van der Waals surface area contributed by atoms with Crippen LogP contribution in [0.25, 0.3) is 0 Å². The van der Waals surface area contributed by atoms with E-state index in [9.17, 15) is 9.90 Å². The fraction of sp³-hybridized carbons (Fsp3) is 0.533. The number of ether oxygens (including phenoxy) is 1. The van der Waals surface area contributed by atoms with Crippen molar-refractivity contribution in [3.8, 4) is 5.75 Å². The molecule has 0 saturated heterocycles. The summed E-state index contributed by atoms with van der Waals surface area (Å²) in [5.41, 5.74) is 6.85. The van der Waals surface area contributed by atoms with Crippen molar-refractivity contribution in [2.75, 3.05) is 13.7 Å². The molecule has 1 saturated carbocycles. The van der Waals surface area contributed by atoms with Crippen molar-refractivity contribution in [1.29, 1.82) is 0 Å². The Hall–Kier alpha value is -1.59. The highest BCUT2D eigenvalue weighted by atomic mass is 16.5. The number of nitrogens with two attached hydrogens (primary N) is 1. The van der Waals surface area contributed by atoms with Crippen molar-refractivity contribution in [2.45, 2.75) is 37.9 Å². The van der Waals surface area contributed by atoms with Crippen molar-refractivity contribution in [1.82, 2.24) is 4.90 Å². The summed E-state index contributed by atoms with van der Waals surface area (Å²) in [4.78, 5) is 14.2. The van der Waals surface area contributed by atoms with Gasteiger partial charge in [0.25, 0.3) is 0 Å². The van der Waals surface area contributed by atoms with Crippen molar-refractivity contribution >= 4 is 5.91 Å². The van der Waals surface area contributed by atoms with Crippen molar-refractivity contribution < 1.29 is 14.6 Å². The number of methoxy groups -OCH3 is 1. The number of rotatable bonds is 7. The highest BCUT2D eigenvalue weighted by molar-refractivity contribution is 5.82. The maximum Gasteiger partial charge on any atom is 0.240 e. The molecule has 0 radical (unpaired) electrons. The van der Waals surface area contributed by atoms with Gasteiger partial charge >= 0.3 is 0 Å². The Balaban J connectivity index is 2.01. The fourth-order valence-electron chi connectivity index (χ4n) is 2.21. The number of aromatic hydroxyl groups is 1. The van der Waals surface area contributed by atoms with E-state index >= 15 is 0 Å². The lowest BCUT2D eigenvalue weighted by molar-refractivity contribution is -0.134. The maximum atomic E-state index is 12.4. The van der Waals surface area contributed by atoms with Gasteiger partial charge in [0, 0.05) is 26.3 Å². The van der Waals surface area contributed by atoms with E-state index in [0.29, 0.717) is 25.6 Å². The van der Waals surface area contributed by atoms with E-state index in [1.807, 2.05) is 11.0 Å². The summed E-state index contributed by atoms with van der Waals surface area (Å²) < 4.78 is 4.97. The number of hydrogen-bond acceptors (Lipinski definition) is 4. The molecule has 0 bridgehead atoms. The number of hydrogen-bond donors (Lipinski definition) is 2. The summed E-state index contributed by atoms with van der Waals surface area (Å²) in [6, 6.07) is 6.76. The van der Waals surface area contributed by atoms with E-state index in [1.54, 1.807) is 25.3 Å². The topological polar surface area (TPSA) is 75.8 Å². The molecule has 1 atom stereocenters. The molecule has 0 aliphatic heterocycles. The first-order valence-electron chi connectivity index (χ1n) is 6.94. The van der Waals surface area contributed by atoms with Gasteiger partial charge in [0.1, 0.15) is 5.75 Å². The van der Waals surface area contributed by atoms with Gasteiger partial charge in [-0.25, -0.2) is 0 Å². The fourth-order valence-corrected chi connectivity index (χ4v) is 2.21. The zero-order chi connectivity index (χ0) is 14.5. The quantitative estimate of drug-likeness (QED) is 0.787. The van der Waals surface area contributed by atoms with Gasteiger partial charge in [-0.15, -0.1) is 0 Å². The molecule has 3 N–H and O–H groups in total. The zero-order valence-corrected chi connectivity index (χ0v) is 11.8. The van der Waals surface area contributed by atoms with Crippen LogP contribution in [0, 0.1) is 0 Å². The lowest BCUT2D eigenvalue weighted by Crippen LogP contribution is -2.45. The summed E-state index contributed by atoms with van der Waals surface area (Å²) in [7, 11) is 1.60. The first-order valence-corrected chi connectivity index (χ1v) is 6.94. The minimum atomic E-state index is -0.521. The molecular weight excluding hydrogens is 256 g/mol. The van der Waals surface area contributed by atoms with E-state index in [2.05, 4.69) is 0 Å². The second-order valence-electron chi connectivity index (χ2n) is 5.26. The number of nitrogens with zero attached hydrogens (tertiary/aromatic N) is 1. The van der Waals surface area contributed by atoms with Gasteiger partial charge in [0.15, 0.2) is 0 Å². The van der Waals surface area contributed by atoms with Crippen LogP contribution < -0.4 is 5.73 Å². The first-order chi connectivity index (χ1) is 9.61. The Morgan fingerprint density at radius 1 is 1.55 bits per heavy atom. The van der Waals surface area contributed by atoms with Crippen molar-refractivity contribution in [3.05, 3.63) is 29.8 Å². The van der Waals surface area contributed by atoms with Gasteiger partial charge in [0.05, 0.1) is 6.04 Å². The lowest BCUT2D eigenvalue weighted by atomic mass is 10.1. The molecule has 0 aromatic heterocycles. The SMILES string of the molecule is COCCC(N)C(=O)N(Cc1cccc(O)c1)C1CC1. The van der Waals surface area contributed by atoms with Crippen LogP contribution in [-0.2, 0) is 16.1 Å². The average Bonchev–Trinajstić information content (AvgIpc) is 3.26. The van der Waals surface area contributed by atoms with Gasteiger partial charge in [-0.1, -0.05) is 12.1 Å². The van der Waals surface area contributed by atoms with Crippen LogP contribution in [0.15, 0.2) is 24.3 Å². The third-order valence-electron chi connectivity index (χ3n) is 3.48. The highest BCUT2D eigenvalue weighted by Crippen LogP contribution is 2.29. The average molecular weight is 278 g/mol. The van der Waals surface area contributed by atoms with Crippen molar-refractivity contribution in [2.24, 2.45) is 5.73 Å². The molecule has 5 heteroatoms. The van der Waals surface area contributed by atoms with Crippen LogP contribution in [0.4, 0.5) is 0 Å². The molecule has 1 aliphatic carbocycles. The van der Waals surface area contributed by atoms with E-state index < -0.39 is 6.04 Å². The molecule has 1 unspecified atom stereocenters. The summed E-state index contributed by atoms with van der Waals surface area (Å²) in [6.07, 6.45) is 2.59. The van der Waals surface area contributed by atoms with Gasteiger partial charge in [-0.3, -0.25) is 4.79 Å². The Morgan fingerprint density at radius 2 is 2.30 bits per heavy atom. The van der Waals surface area contributed by atoms with Crippen LogP contribution >= 0.6 is 0 Å². The number of phenolic OH excluding ortho intramolecular Hbond substituents is 1. The molecular formula is C15H22N2O3. The van der Waals surface area contributed by atoms with Gasteiger partial charge in [0.2, 0.25) is 5.91 Å². The molecule has 1 aliphatic rings. The minimum Gasteiger partial charge on any atom is -0.508 e. The molecule has 110 valence electrons. The number of amides is 1. The summed E-state index contributed by atoms with van der Waals surface area (Å²) in [6.45, 7) is 0.982. The number of carbonyl (C=O) groups excluding carboxylic acids is 1. The number of carbonyl (C=O) groups is 1. The van der Waals surface area contributed by atoms with Gasteiger partial charge < -0.3 is 20.5 Å². The predicted octanol–water partition coefficient (Wildman–Crippen LogP) is 1.25. The third kappa shape index (κ3) is 3.95. The van der Waals surface area contributed by atoms with E-state index in [-0.39, 0.29) is 11.7 Å². The predicted molar refractivity (Wildman–Crippen MR) is 76.1 cm³/mol. The standard InChI is InChI=1S/C15H22N2O3/c1-20-8-7-14(16)15(19)17(12-5-6-12)10-11-3-2-4-13(18)9-11/h2-4,9,12,14,18H,5-8,10,16H2,1H3. The minimum absolute atomic E-state index is 0.0344.